The summed E-state index contributed by atoms with van der Waals surface area (Å²) in [5.41, 5.74) is 0. The van der Waals surface area contributed by atoms with Gasteiger partial charge >= 0.3 is 99.3 Å². The van der Waals surface area contributed by atoms with Crippen LogP contribution in [0.15, 0.2) is 0 Å². The van der Waals surface area contributed by atoms with Gasteiger partial charge in [0.25, 0.3) is 0 Å². The summed E-state index contributed by atoms with van der Waals surface area (Å²) in [5.74, 6) is 0. The molecule has 0 spiro atoms. The van der Waals surface area contributed by atoms with E-state index in [1.165, 1.54) is 32.1 Å². The van der Waals surface area contributed by atoms with E-state index in [-0.39, 0.29) is 0 Å². The van der Waals surface area contributed by atoms with Crippen LogP contribution >= 0.6 is 1.58 Å². The Morgan fingerprint density at radius 1 is 1.18 bits per heavy atom. The van der Waals surface area contributed by atoms with Gasteiger partial charge in [-0.15, -0.1) is 0 Å². The van der Waals surface area contributed by atoms with Crippen molar-refractivity contribution < 1.29 is 0 Å². The average molecular weight is 432 g/mol. The summed E-state index contributed by atoms with van der Waals surface area (Å²) in [4.78, 5) is 1.09. The molecule has 0 saturated heterocycles. The van der Waals surface area contributed by atoms with E-state index in [4.69, 9.17) is 0 Å². The second-order valence-corrected chi connectivity index (χ2v) is 45.0. The van der Waals surface area contributed by atoms with E-state index in [1.807, 2.05) is 0 Å². The molecule has 0 aromatic rings. The molecule has 0 aromatic carbocycles. The third-order valence-electron chi connectivity index (χ3n) is 1.84. The molecule has 0 N–H and O–H groups in total. The Kier molecular flexibility index (Phi) is 5.69. The summed E-state index contributed by atoms with van der Waals surface area (Å²) >= 11 is 9.97. The van der Waals surface area contributed by atoms with E-state index in [0.717, 1.165) is 19.3 Å². The van der Waals surface area contributed by atoms with Gasteiger partial charge in [0.1, 0.15) is 0 Å². The molecule has 0 aromatic heterocycles. The van der Waals surface area contributed by atoms with Crippen molar-refractivity contribution in [3.05, 3.63) is 0 Å². The first-order chi connectivity index (χ1) is 5.08. The molecule has 0 amide bonds. The van der Waals surface area contributed by atoms with E-state index in [1.54, 1.807) is 0 Å². The van der Waals surface area contributed by atoms with Crippen molar-refractivity contribution in [1.29, 1.82) is 0 Å². The SMILES string of the molecule is [Se]=P([SeH])([SeH])[Se]C1CCCCC1. The number of rotatable bonds is 2. The fraction of sp³-hybridized carbons (Fsp3) is 1.00. The third kappa shape index (κ3) is 5.74. The maximum atomic E-state index is 3.35. The Morgan fingerprint density at radius 3 is 2.18 bits per heavy atom. The second kappa shape index (κ2) is 5.40. The second-order valence-electron chi connectivity index (χ2n) is 2.86. The van der Waals surface area contributed by atoms with Gasteiger partial charge in [-0.3, -0.25) is 0 Å². The van der Waals surface area contributed by atoms with Gasteiger partial charge in [-0.1, -0.05) is 0 Å². The standard InChI is InChI=1S/C6H13PSe4/c8-7(9,10)11-6-4-2-1-3-5-6/h6H,1-5H2,(H2,8,9,10). The van der Waals surface area contributed by atoms with Crippen molar-refractivity contribution in [1.82, 2.24) is 0 Å². The zero-order valence-electron chi connectivity index (χ0n) is 6.27. The van der Waals surface area contributed by atoms with Gasteiger partial charge in [-0.05, 0) is 0 Å². The van der Waals surface area contributed by atoms with Gasteiger partial charge in [0.15, 0.2) is 0 Å². The summed E-state index contributed by atoms with van der Waals surface area (Å²) in [7, 11) is 0. The fourth-order valence-electron chi connectivity index (χ4n) is 1.36. The van der Waals surface area contributed by atoms with E-state index in [2.05, 4.69) is 46.2 Å². The molecule has 1 aliphatic carbocycles. The molecule has 0 unspecified atom stereocenters. The number of hydrogen-bond donors (Lipinski definition) is 0. The first-order valence-electron chi connectivity index (χ1n) is 3.82. The molecule has 1 rings (SSSR count). The minimum absolute atomic E-state index is 0.672. The van der Waals surface area contributed by atoms with Crippen LogP contribution in [0.25, 0.3) is 0 Å². The van der Waals surface area contributed by atoms with Crippen LogP contribution in [-0.2, 0) is 0 Å². The van der Waals surface area contributed by atoms with E-state index in [0.29, 0.717) is 0 Å². The monoisotopic (exact) mass is 436 g/mol. The summed E-state index contributed by atoms with van der Waals surface area (Å²) in [5, 5.41) is 0. The molecular formula is C6H13PSe4. The van der Waals surface area contributed by atoms with Gasteiger partial charge in [0.2, 0.25) is 0 Å². The van der Waals surface area contributed by atoms with Crippen LogP contribution < -0.4 is 0 Å². The van der Waals surface area contributed by atoms with Crippen LogP contribution in [0.4, 0.5) is 0 Å². The van der Waals surface area contributed by atoms with Crippen LogP contribution in [0.1, 0.15) is 32.1 Å². The van der Waals surface area contributed by atoms with E-state index < -0.39 is 1.58 Å². The van der Waals surface area contributed by atoms with E-state index >= 15 is 0 Å². The Balaban J connectivity index is 2.30. The van der Waals surface area contributed by atoms with Crippen molar-refractivity contribution >= 4 is 62.3 Å². The van der Waals surface area contributed by atoms with Gasteiger partial charge in [-0.25, -0.2) is 0 Å². The van der Waals surface area contributed by atoms with Crippen LogP contribution in [0.5, 0.6) is 0 Å². The minimum atomic E-state index is -0.672. The van der Waals surface area contributed by atoms with Crippen LogP contribution in [0, 0.1) is 0 Å². The van der Waals surface area contributed by atoms with E-state index in [9.17, 15) is 0 Å². The Morgan fingerprint density at radius 2 is 1.73 bits per heavy atom. The topological polar surface area (TPSA) is 0 Å². The molecule has 5 heteroatoms. The van der Waals surface area contributed by atoms with Crippen molar-refractivity contribution in [2.75, 3.05) is 0 Å². The Labute approximate surface area is 98.2 Å². The predicted octanol–water partition coefficient (Wildman–Crippen LogP) is 1.09. The fourth-order valence-corrected chi connectivity index (χ4v) is 19.1. The van der Waals surface area contributed by atoms with Crippen molar-refractivity contribution in [3.63, 3.8) is 0 Å². The molecule has 11 heavy (non-hydrogen) atoms. The molecule has 0 nitrogen and oxygen atoms in total. The molecule has 0 aliphatic heterocycles. The maximum absolute atomic E-state index is 3.35. The molecule has 1 aliphatic rings. The molecule has 1 fully saturated rings. The normalized spacial score (nSPS) is 22.0. The van der Waals surface area contributed by atoms with Gasteiger partial charge < -0.3 is 0 Å². The van der Waals surface area contributed by atoms with Gasteiger partial charge in [-0.2, -0.15) is 0 Å². The summed E-state index contributed by atoms with van der Waals surface area (Å²) in [6.07, 6.45) is 7.50. The molecule has 0 heterocycles. The average Bonchev–Trinajstić information content (AvgIpc) is 1.85. The number of hydrogen-bond acceptors (Lipinski definition) is 0. The Bertz CT molecular complexity index is 158. The quantitative estimate of drug-likeness (QED) is 0.453. The van der Waals surface area contributed by atoms with Gasteiger partial charge in [0.05, 0.1) is 0 Å². The third-order valence-corrected chi connectivity index (χ3v) is 16.0. The predicted molar refractivity (Wildman–Crippen MR) is 59.6 cm³/mol. The van der Waals surface area contributed by atoms with Crippen LogP contribution in [0.3, 0.4) is 0 Å². The van der Waals surface area contributed by atoms with Crippen molar-refractivity contribution in [2.45, 2.75) is 36.9 Å². The summed E-state index contributed by atoms with van der Waals surface area (Å²) in [6, 6.07) is 0. The van der Waals surface area contributed by atoms with Crippen molar-refractivity contribution in [3.8, 4) is 0 Å². The van der Waals surface area contributed by atoms with Gasteiger partial charge in [0, 0.05) is 0 Å². The summed E-state index contributed by atoms with van der Waals surface area (Å²) < 4.78 is -0.672. The zero-order valence-corrected chi connectivity index (χ0v) is 14.3. The molecule has 66 valence electrons. The van der Waals surface area contributed by atoms with Crippen LogP contribution in [-0.4, -0.2) is 60.8 Å². The molecule has 0 atom stereocenters. The first kappa shape index (κ1) is 11.6. The summed E-state index contributed by atoms with van der Waals surface area (Å²) in [6.45, 7) is 0. The Hall–Kier alpha value is 2.51. The first-order valence-corrected chi connectivity index (χ1v) is 16.0. The van der Waals surface area contributed by atoms with Crippen LogP contribution in [0.2, 0.25) is 4.82 Å². The zero-order chi connectivity index (χ0) is 8.32. The van der Waals surface area contributed by atoms with Crippen molar-refractivity contribution in [2.24, 2.45) is 0 Å². The molecular weight excluding hydrogens is 419 g/mol. The molecule has 0 bridgehead atoms. The molecule has 0 radical (unpaired) electrons. The molecule has 1 saturated carbocycles.